The molecular weight excluding hydrogens is 234 g/mol. The van der Waals surface area contributed by atoms with Crippen LogP contribution in [0.4, 0.5) is 0 Å². The minimum atomic E-state index is -0.0208. The maximum absolute atomic E-state index is 6.31. The van der Waals surface area contributed by atoms with Gasteiger partial charge in [0.1, 0.15) is 0 Å². The minimum absolute atomic E-state index is 0.0208. The zero-order valence-corrected chi connectivity index (χ0v) is 9.25. The lowest BCUT2D eigenvalue weighted by Gasteiger charge is -2.22. The number of halogens is 1. The van der Waals surface area contributed by atoms with Crippen molar-refractivity contribution in [2.45, 2.75) is 31.2 Å². The number of thiophene rings is 1. The SMILES string of the molecule is NC1(c2sccc2Br)CCCC1. The summed E-state index contributed by atoms with van der Waals surface area (Å²) in [6, 6.07) is 2.09. The van der Waals surface area contributed by atoms with Crippen LogP contribution in [0.2, 0.25) is 0 Å². The largest absolute Gasteiger partial charge is 0.321 e. The van der Waals surface area contributed by atoms with Gasteiger partial charge in [-0.2, -0.15) is 0 Å². The minimum Gasteiger partial charge on any atom is -0.321 e. The van der Waals surface area contributed by atoms with Crippen molar-refractivity contribution in [3.8, 4) is 0 Å². The first-order valence-electron chi connectivity index (χ1n) is 4.25. The highest BCUT2D eigenvalue weighted by Crippen LogP contribution is 2.42. The summed E-state index contributed by atoms with van der Waals surface area (Å²) in [5, 5.41) is 2.10. The molecule has 66 valence electrons. The molecule has 1 heterocycles. The average Bonchev–Trinajstić information content (AvgIpc) is 2.59. The molecule has 1 aromatic heterocycles. The van der Waals surface area contributed by atoms with Gasteiger partial charge in [0.05, 0.1) is 5.54 Å². The number of nitrogens with two attached hydrogens (primary N) is 1. The smallest absolute Gasteiger partial charge is 0.0515 e. The van der Waals surface area contributed by atoms with Crippen molar-refractivity contribution in [3.63, 3.8) is 0 Å². The zero-order chi connectivity index (χ0) is 8.60. The Kier molecular flexibility index (Phi) is 2.27. The van der Waals surface area contributed by atoms with E-state index in [1.807, 2.05) is 0 Å². The number of rotatable bonds is 1. The molecule has 0 unspecified atom stereocenters. The molecule has 0 aliphatic heterocycles. The third-order valence-electron chi connectivity index (χ3n) is 2.57. The Morgan fingerprint density at radius 3 is 2.58 bits per heavy atom. The molecule has 1 fully saturated rings. The van der Waals surface area contributed by atoms with Crippen LogP contribution in [0, 0.1) is 0 Å². The Labute approximate surface area is 85.1 Å². The highest BCUT2D eigenvalue weighted by atomic mass is 79.9. The third-order valence-corrected chi connectivity index (χ3v) is 4.62. The molecule has 2 N–H and O–H groups in total. The van der Waals surface area contributed by atoms with Crippen LogP contribution in [0.25, 0.3) is 0 Å². The van der Waals surface area contributed by atoms with Crippen molar-refractivity contribution in [1.29, 1.82) is 0 Å². The maximum Gasteiger partial charge on any atom is 0.0515 e. The Bertz CT molecular complexity index is 276. The highest BCUT2D eigenvalue weighted by Gasteiger charge is 2.33. The Morgan fingerprint density at radius 1 is 1.42 bits per heavy atom. The molecule has 0 spiro atoms. The second-order valence-electron chi connectivity index (χ2n) is 3.46. The molecule has 1 saturated carbocycles. The molecule has 2 rings (SSSR count). The molecule has 0 atom stereocenters. The van der Waals surface area contributed by atoms with E-state index in [1.165, 1.54) is 22.2 Å². The van der Waals surface area contributed by atoms with Crippen LogP contribution in [-0.2, 0) is 5.54 Å². The predicted octanol–water partition coefficient (Wildman–Crippen LogP) is 3.24. The fourth-order valence-corrected chi connectivity index (χ4v) is 3.82. The molecule has 0 saturated heterocycles. The van der Waals surface area contributed by atoms with E-state index in [4.69, 9.17) is 5.73 Å². The predicted molar refractivity (Wildman–Crippen MR) is 56.4 cm³/mol. The van der Waals surface area contributed by atoms with Crippen LogP contribution in [0.1, 0.15) is 30.6 Å². The summed E-state index contributed by atoms with van der Waals surface area (Å²) >= 11 is 5.32. The lowest BCUT2D eigenvalue weighted by atomic mass is 9.97. The fourth-order valence-electron chi connectivity index (χ4n) is 1.88. The summed E-state index contributed by atoms with van der Waals surface area (Å²) < 4.78 is 1.19. The lowest BCUT2D eigenvalue weighted by Crippen LogP contribution is -2.32. The van der Waals surface area contributed by atoms with E-state index in [9.17, 15) is 0 Å². The standard InChI is InChI=1S/C9H12BrNS/c10-7-3-6-12-8(7)9(11)4-1-2-5-9/h3,6H,1-2,4-5,11H2. The van der Waals surface area contributed by atoms with Crippen molar-refractivity contribution in [1.82, 2.24) is 0 Å². The number of hydrogen-bond acceptors (Lipinski definition) is 2. The van der Waals surface area contributed by atoms with Gasteiger partial charge in [-0.25, -0.2) is 0 Å². The van der Waals surface area contributed by atoms with Gasteiger partial charge in [-0.1, -0.05) is 12.8 Å². The Morgan fingerprint density at radius 2 is 2.08 bits per heavy atom. The van der Waals surface area contributed by atoms with Crippen LogP contribution in [0.3, 0.4) is 0 Å². The van der Waals surface area contributed by atoms with Gasteiger partial charge in [0.15, 0.2) is 0 Å². The van der Waals surface area contributed by atoms with Crippen LogP contribution >= 0.6 is 27.3 Å². The normalized spacial score (nSPS) is 21.5. The van der Waals surface area contributed by atoms with Crippen molar-refractivity contribution in [3.05, 3.63) is 20.8 Å². The Hall–Kier alpha value is 0.140. The van der Waals surface area contributed by atoms with Gasteiger partial charge in [0, 0.05) is 9.35 Å². The highest BCUT2D eigenvalue weighted by molar-refractivity contribution is 9.10. The van der Waals surface area contributed by atoms with Gasteiger partial charge in [0.25, 0.3) is 0 Å². The molecule has 1 aliphatic carbocycles. The van der Waals surface area contributed by atoms with Crippen LogP contribution in [0.15, 0.2) is 15.9 Å². The van der Waals surface area contributed by atoms with E-state index in [1.54, 1.807) is 11.3 Å². The van der Waals surface area contributed by atoms with Gasteiger partial charge in [0.2, 0.25) is 0 Å². The first-order valence-corrected chi connectivity index (χ1v) is 5.92. The van der Waals surface area contributed by atoms with E-state index >= 15 is 0 Å². The molecule has 0 aromatic carbocycles. The van der Waals surface area contributed by atoms with Crippen LogP contribution in [-0.4, -0.2) is 0 Å². The molecule has 3 heteroatoms. The topological polar surface area (TPSA) is 26.0 Å². The second-order valence-corrected chi connectivity index (χ2v) is 5.23. The molecule has 12 heavy (non-hydrogen) atoms. The summed E-state index contributed by atoms with van der Waals surface area (Å²) in [5.74, 6) is 0. The van der Waals surface area contributed by atoms with E-state index < -0.39 is 0 Å². The molecular formula is C9H12BrNS. The zero-order valence-electron chi connectivity index (χ0n) is 6.85. The summed E-state index contributed by atoms with van der Waals surface area (Å²) in [6.45, 7) is 0. The van der Waals surface area contributed by atoms with Crippen LogP contribution < -0.4 is 5.73 Å². The van der Waals surface area contributed by atoms with E-state index in [0.717, 1.165) is 12.8 Å². The third kappa shape index (κ3) is 1.34. The van der Waals surface area contributed by atoms with Crippen LogP contribution in [0.5, 0.6) is 0 Å². The van der Waals surface area contributed by atoms with E-state index in [2.05, 4.69) is 27.4 Å². The molecule has 1 aliphatic rings. The monoisotopic (exact) mass is 245 g/mol. The van der Waals surface area contributed by atoms with Gasteiger partial charge >= 0.3 is 0 Å². The molecule has 0 amide bonds. The van der Waals surface area contributed by atoms with E-state index in [-0.39, 0.29) is 5.54 Å². The molecule has 1 nitrogen and oxygen atoms in total. The first-order chi connectivity index (χ1) is 5.72. The summed E-state index contributed by atoms with van der Waals surface area (Å²) in [7, 11) is 0. The van der Waals surface area contributed by atoms with Gasteiger partial charge in [-0.05, 0) is 40.2 Å². The van der Waals surface area contributed by atoms with Crippen molar-refractivity contribution in [2.24, 2.45) is 5.73 Å². The van der Waals surface area contributed by atoms with Gasteiger partial charge in [-0.3, -0.25) is 0 Å². The lowest BCUT2D eigenvalue weighted by molar-refractivity contribution is 0.470. The molecule has 0 radical (unpaired) electrons. The van der Waals surface area contributed by atoms with Crippen molar-refractivity contribution >= 4 is 27.3 Å². The number of hydrogen-bond donors (Lipinski definition) is 1. The second kappa shape index (κ2) is 3.13. The summed E-state index contributed by atoms with van der Waals surface area (Å²) in [6.07, 6.45) is 4.85. The van der Waals surface area contributed by atoms with Gasteiger partial charge in [-0.15, -0.1) is 11.3 Å². The maximum atomic E-state index is 6.31. The Balaban J connectivity index is 2.34. The first kappa shape index (κ1) is 8.73. The summed E-state index contributed by atoms with van der Waals surface area (Å²) in [4.78, 5) is 1.33. The average molecular weight is 246 g/mol. The fraction of sp³-hybridized carbons (Fsp3) is 0.556. The summed E-state index contributed by atoms with van der Waals surface area (Å²) in [5.41, 5.74) is 6.29. The van der Waals surface area contributed by atoms with E-state index in [0.29, 0.717) is 0 Å². The van der Waals surface area contributed by atoms with Crippen molar-refractivity contribution in [2.75, 3.05) is 0 Å². The quantitative estimate of drug-likeness (QED) is 0.808. The molecule has 1 aromatic rings. The van der Waals surface area contributed by atoms with Crippen molar-refractivity contribution < 1.29 is 0 Å². The molecule has 0 bridgehead atoms. The van der Waals surface area contributed by atoms with Gasteiger partial charge < -0.3 is 5.73 Å².